The summed E-state index contributed by atoms with van der Waals surface area (Å²) >= 11 is 0. The van der Waals surface area contributed by atoms with E-state index in [0.717, 1.165) is 31.7 Å². The predicted molar refractivity (Wildman–Crippen MR) is 74.8 cm³/mol. The smallest absolute Gasteiger partial charge is 0.0952 e. The first kappa shape index (κ1) is 12.8. The molecule has 1 aromatic heterocycles. The Kier molecular flexibility index (Phi) is 4.53. The second-order valence-corrected chi connectivity index (χ2v) is 4.63. The summed E-state index contributed by atoms with van der Waals surface area (Å²) in [5.74, 6) is 0. The van der Waals surface area contributed by atoms with E-state index in [1.807, 2.05) is 6.33 Å². The highest BCUT2D eigenvalue weighted by molar-refractivity contribution is 5.21. The molecule has 0 aliphatic carbocycles. The van der Waals surface area contributed by atoms with E-state index in [-0.39, 0.29) is 0 Å². The predicted octanol–water partition coefficient (Wildman–Crippen LogP) is 2.39. The summed E-state index contributed by atoms with van der Waals surface area (Å²) in [6, 6.07) is 8.65. The molecule has 0 saturated carbocycles. The Morgan fingerprint density at radius 1 is 1.22 bits per heavy atom. The summed E-state index contributed by atoms with van der Waals surface area (Å²) in [6.45, 7) is 7.15. The van der Waals surface area contributed by atoms with Crippen LogP contribution < -0.4 is 5.32 Å². The summed E-state index contributed by atoms with van der Waals surface area (Å²) < 4.78 is 2.14. The van der Waals surface area contributed by atoms with Crippen molar-refractivity contribution in [3.63, 3.8) is 0 Å². The van der Waals surface area contributed by atoms with Crippen LogP contribution in [0.5, 0.6) is 0 Å². The van der Waals surface area contributed by atoms with E-state index in [1.165, 1.54) is 11.1 Å². The summed E-state index contributed by atoms with van der Waals surface area (Å²) in [7, 11) is 0. The van der Waals surface area contributed by atoms with Crippen LogP contribution in [0.3, 0.4) is 0 Å². The fourth-order valence-electron chi connectivity index (χ4n) is 1.92. The molecule has 0 amide bonds. The minimum Gasteiger partial charge on any atom is -0.333 e. The van der Waals surface area contributed by atoms with E-state index in [2.05, 4.69) is 59.2 Å². The van der Waals surface area contributed by atoms with Crippen LogP contribution in [0.2, 0.25) is 0 Å². The van der Waals surface area contributed by atoms with Crippen molar-refractivity contribution in [1.82, 2.24) is 14.9 Å². The molecule has 0 saturated heterocycles. The third-order valence-electron chi connectivity index (χ3n) is 2.98. The lowest BCUT2D eigenvalue weighted by atomic mass is 10.1. The molecule has 96 valence electrons. The molecule has 3 nitrogen and oxygen atoms in total. The maximum Gasteiger partial charge on any atom is 0.0952 e. The van der Waals surface area contributed by atoms with Crippen molar-refractivity contribution in [2.45, 2.75) is 26.8 Å². The van der Waals surface area contributed by atoms with Gasteiger partial charge < -0.3 is 9.88 Å². The Balaban J connectivity index is 1.91. The SMILES string of the molecule is CCNCCc1cn(Cc2ccc(C)cc2)cn1. The lowest BCUT2D eigenvalue weighted by molar-refractivity contribution is 0.708. The van der Waals surface area contributed by atoms with Crippen molar-refractivity contribution in [3.8, 4) is 0 Å². The van der Waals surface area contributed by atoms with Crippen molar-refractivity contribution in [3.05, 3.63) is 53.6 Å². The lowest BCUT2D eigenvalue weighted by Gasteiger charge is -2.02. The molecule has 1 N–H and O–H groups in total. The maximum atomic E-state index is 4.42. The van der Waals surface area contributed by atoms with Crippen molar-refractivity contribution in [2.24, 2.45) is 0 Å². The first-order valence-electron chi connectivity index (χ1n) is 6.55. The highest BCUT2D eigenvalue weighted by Gasteiger charge is 1.99. The number of aryl methyl sites for hydroxylation is 1. The summed E-state index contributed by atoms with van der Waals surface area (Å²) in [4.78, 5) is 4.42. The van der Waals surface area contributed by atoms with E-state index in [1.54, 1.807) is 0 Å². The summed E-state index contributed by atoms with van der Waals surface area (Å²) in [5, 5.41) is 3.31. The molecule has 0 bridgehead atoms. The molecule has 2 aromatic rings. The Labute approximate surface area is 109 Å². The van der Waals surface area contributed by atoms with Gasteiger partial charge in [0.2, 0.25) is 0 Å². The molecule has 0 unspecified atom stereocenters. The number of aromatic nitrogens is 2. The minimum absolute atomic E-state index is 0.897. The Morgan fingerprint density at radius 2 is 2.00 bits per heavy atom. The molecule has 0 fully saturated rings. The van der Waals surface area contributed by atoms with Gasteiger partial charge in [0.1, 0.15) is 0 Å². The zero-order chi connectivity index (χ0) is 12.8. The number of benzene rings is 1. The molecule has 0 aliphatic heterocycles. The average Bonchev–Trinajstić information content (AvgIpc) is 2.80. The van der Waals surface area contributed by atoms with Gasteiger partial charge in [-0.1, -0.05) is 36.8 Å². The van der Waals surface area contributed by atoms with E-state index in [0.29, 0.717) is 0 Å². The van der Waals surface area contributed by atoms with Crippen LogP contribution in [-0.4, -0.2) is 22.6 Å². The first-order chi connectivity index (χ1) is 8.78. The van der Waals surface area contributed by atoms with Gasteiger partial charge in [0.15, 0.2) is 0 Å². The average molecular weight is 243 g/mol. The van der Waals surface area contributed by atoms with Crippen molar-refractivity contribution in [2.75, 3.05) is 13.1 Å². The zero-order valence-electron chi connectivity index (χ0n) is 11.2. The van der Waals surface area contributed by atoms with E-state index in [9.17, 15) is 0 Å². The molecule has 0 radical (unpaired) electrons. The molecule has 0 spiro atoms. The van der Waals surface area contributed by atoms with E-state index >= 15 is 0 Å². The highest BCUT2D eigenvalue weighted by Crippen LogP contribution is 2.06. The highest BCUT2D eigenvalue weighted by atomic mass is 15.0. The summed E-state index contributed by atoms with van der Waals surface area (Å²) in [5.41, 5.74) is 3.77. The molecular weight excluding hydrogens is 222 g/mol. The molecule has 18 heavy (non-hydrogen) atoms. The second kappa shape index (κ2) is 6.36. The zero-order valence-corrected chi connectivity index (χ0v) is 11.2. The molecule has 3 heteroatoms. The summed E-state index contributed by atoms with van der Waals surface area (Å²) in [6.07, 6.45) is 5.05. The molecule has 1 heterocycles. The van der Waals surface area contributed by atoms with Crippen LogP contribution in [0.25, 0.3) is 0 Å². The van der Waals surface area contributed by atoms with E-state index < -0.39 is 0 Å². The van der Waals surface area contributed by atoms with Gasteiger partial charge in [0.25, 0.3) is 0 Å². The van der Waals surface area contributed by atoms with Crippen LogP contribution in [0, 0.1) is 6.92 Å². The van der Waals surface area contributed by atoms with Crippen molar-refractivity contribution >= 4 is 0 Å². The van der Waals surface area contributed by atoms with Crippen LogP contribution >= 0.6 is 0 Å². The minimum atomic E-state index is 0.897. The van der Waals surface area contributed by atoms with Gasteiger partial charge in [-0.2, -0.15) is 0 Å². The molecule has 0 atom stereocenters. The van der Waals surface area contributed by atoms with Crippen LogP contribution in [0.15, 0.2) is 36.8 Å². The number of hydrogen-bond donors (Lipinski definition) is 1. The molecule has 2 rings (SSSR count). The van der Waals surface area contributed by atoms with Crippen LogP contribution in [0.4, 0.5) is 0 Å². The largest absolute Gasteiger partial charge is 0.333 e. The molecule has 0 aliphatic rings. The standard InChI is InChI=1S/C15H21N3/c1-3-16-9-8-15-11-18(12-17-15)10-14-6-4-13(2)5-7-14/h4-7,11-12,16H,3,8-10H2,1-2H3. The van der Waals surface area contributed by atoms with Gasteiger partial charge in [-0.3, -0.25) is 0 Å². The van der Waals surface area contributed by atoms with Gasteiger partial charge in [-0.25, -0.2) is 4.98 Å². The van der Waals surface area contributed by atoms with Crippen LogP contribution in [0.1, 0.15) is 23.7 Å². The second-order valence-electron chi connectivity index (χ2n) is 4.63. The lowest BCUT2D eigenvalue weighted by Crippen LogP contribution is -2.16. The van der Waals surface area contributed by atoms with Gasteiger partial charge in [-0.05, 0) is 19.0 Å². The van der Waals surface area contributed by atoms with E-state index in [4.69, 9.17) is 0 Å². The third kappa shape index (κ3) is 3.70. The fourth-order valence-corrected chi connectivity index (χ4v) is 1.92. The van der Waals surface area contributed by atoms with Gasteiger partial charge in [0.05, 0.1) is 12.0 Å². The number of rotatable bonds is 6. The Morgan fingerprint density at radius 3 is 2.72 bits per heavy atom. The van der Waals surface area contributed by atoms with Gasteiger partial charge in [-0.15, -0.1) is 0 Å². The normalized spacial score (nSPS) is 10.8. The van der Waals surface area contributed by atoms with Gasteiger partial charge in [0, 0.05) is 25.7 Å². The first-order valence-corrected chi connectivity index (χ1v) is 6.55. The quantitative estimate of drug-likeness (QED) is 0.790. The number of imidazole rings is 1. The van der Waals surface area contributed by atoms with Crippen molar-refractivity contribution in [1.29, 1.82) is 0 Å². The molecular formula is C15H21N3. The number of hydrogen-bond acceptors (Lipinski definition) is 2. The monoisotopic (exact) mass is 243 g/mol. The number of nitrogens with one attached hydrogen (secondary N) is 1. The Bertz CT molecular complexity index is 471. The number of nitrogens with zero attached hydrogens (tertiary/aromatic N) is 2. The fraction of sp³-hybridized carbons (Fsp3) is 0.400. The maximum absolute atomic E-state index is 4.42. The molecule has 1 aromatic carbocycles. The third-order valence-corrected chi connectivity index (χ3v) is 2.98. The Hall–Kier alpha value is -1.61. The van der Waals surface area contributed by atoms with Gasteiger partial charge >= 0.3 is 0 Å². The topological polar surface area (TPSA) is 29.9 Å². The van der Waals surface area contributed by atoms with Crippen LogP contribution in [-0.2, 0) is 13.0 Å². The number of likely N-dealkylation sites (N-methyl/N-ethyl adjacent to an activating group) is 1. The van der Waals surface area contributed by atoms with Crippen molar-refractivity contribution < 1.29 is 0 Å².